The first-order chi connectivity index (χ1) is 16.4. The van der Waals surface area contributed by atoms with Crippen LogP contribution in [0, 0.1) is 0 Å². The van der Waals surface area contributed by atoms with E-state index in [-0.39, 0.29) is 29.8 Å². The van der Waals surface area contributed by atoms with Crippen LogP contribution in [0.1, 0.15) is 58.6 Å². The molecule has 0 bridgehead atoms. The number of rotatable bonds is 7. The van der Waals surface area contributed by atoms with E-state index in [1.807, 2.05) is 0 Å². The molecule has 1 aliphatic carbocycles. The number of thiophene rings is 1. The highest BCUT2D eigenvalue weighted by Crippen LogP contribution is 2.24. The minimum Gasteiger partial charge on any atom is -0.347 e. The predicted octanol–water partition coefficient (Wildman–Crippen LogP) is 3.93. The maximum atomic E-state index is 12.9. The number of nitrogens with zero attached hydrogens (tertiary/aromatic N) is 2. The number of likely N-dealkylation sites (tertiary alicyclic amines) is 1. The van der Waals surface area contributed by atoms with Gasteiger partial charge in [0.25, 0.3) is 11.8 Å². The second kappa shape index (κ2) is 11.3. The second-order valence-corrected chi connectivity index (χ2v) is 10.7. The van der Waals surface area contributed by atoms with Gasteiger partial charge < -0.3 is 15.5 Å². The lowest BCUT2D eigenvalue weighted by Crippen LogP contribution is -2.53. The molecule has 2 fully saturated rings. The molecule has 2 unspecified atom stereocenters. The molecule has 1 aromatic heterocycles. The van der Waals surface area contributed by atoms with Gasteiger partial charge in [0.15, 0.2) is 0 Å². The van der Waals surface area contributed by atoms with E-state index in [1.165, 1.54) is 11.3 Å². The Morgan fingerprint density at radius 2 is 1.56 bits per heavy atom. The van der Waals surface area contributed by atoms with Crippen molar-refractivity contribution >= 4 is 46.3 Å². The summed E-state index contributed by atoms with van der Waals surface area (Å²) >= 11 is 7.20. The second-order valence-electron chi connectivity index (χ2n) is 9.03. The van der Waals surface area contributed by atoms with Crippen LogP contribution in [-0.2, 0) is 4.79 Å². The highest BCUT2D eigenvalue weighted by molar-refractivity contribution is 7.18. The van der Waals surface area contributed by atoms with Gasteiger partial charge in [0.2, 0.25) is 5.91 Å². The first-order valence-corrected chi connectivity index (χ1v) is 13.1. The monoisotopic (exact) mass is 502 g/mol. The molecular weight excluding hydrogens is 472 g/mol. The molecule has 2 aromatic rings. The Hall–Kier alpha value is -2.42. The van der Waals surface area contributed by atoms with Crippen molar-refractivity contribution in [3.63, 3.8) is 0 Å². The van der Waals surface area contributed by atoms with E-state index in [0.29, 0.717) is 21.3 Å². The molecule has 9 heteroatoms. The average molecular weight is 503 g/mol. The summed E-state index contributed by atoms with van der Waals surface area (Å²) in [7, 11) is 1.77. The van der Waals surface area contributed by atoms with Crippen LogP contribution in [0.15, 0.2) is 36.4 Å². The van der Waals surface area contributed by atoms with Crippen LogP contribution in [0.4, 0.5) is 5.69 Å². The molecular formula is C25H31ClN4O3S. The fourth-order valence-electron chi connectivity index (χ4n) is 4.62. The minimum absolute atomic E-state index is 0.0481. The third-order valence-electron chi connectivity index (χ3n) is 6.64. The van der Waals surface area contributed by atoms with Crippen LogP contribution < -0.4 is 15.5 Å². The number of nitrogens with one attached hydrogen (secondary N) is 2. The summed E-state index contributed by atoms with van der Waals surface area (Å²) in [6.07, 6.45) is 5.94. The number of halogens is 1. The molecule has 0 spiro atoms. The Bertz CT molecular complexity index is 1020. The maximum absolute atomic E-state index is 12.9. The number of hydrogen-bond donors (Lipinski definition) is 2. The van der Waals surface area contributed by atoms with Crippen molar-refractivity contribution < 1.29 is 14.4 Å². The van der Waals surface area contributed by atoms with Gasteiger partial charge in [-0.15, -0.1) is 11.3 Å². The fourth-order valence-corrected chi connectivity index (χ4v) is 5.57. The number of anilines is 1. The Kier molecular flexibility index (Phi) is 8.24. The molecule has 1 aliphatic heterocycles. The average Bonchev–Trinajstić information content (AvgIpc) is 3.51. The molecule has 182 valence electrons. The smallest absolute Gasteiger partial charge is 0.261 e. The quantitative estimate of drug-likeness (QED) is 0.601. The SMILES string of the molecule is CN(C(=O)CN1CCCC1)c1ccc(C(=O)NC2CCCCC2NC(=O)c2ccc(Cl)s2)cc1. The first-order valence-electron chi connectivity index (χ1n) is 11.9. The van der Waals surface area contributed by atoms with Gasteiger partial charge >= 0.3 is 0 Å². The van der Waals surface area contributed by atoms with Crippen LogP contribution in [0.5, 0.6) is 0 Å². The molecule has 2 heterocycles. The zero-order valence-corrected chi connectivity index (χ0v) is 21.0. The van der Waals surface area contributed by atoms with Crippen LogP contribution in [0.2, 0.25) is 4.34 Å². The van der Waals surface area contributed by atoms with Crippen molar-refractivity contribution in [1.29, 1.82) is 0 Å². The lowest BCUT2D eigenvalue weighted by Gasteiger charge is -2.32. The lowest BCUT2D eigenvalue weighted by molar-refractivity contribution is -0.119. The summed E-state index contributed by atoms with van der Waals surface area (Å²) in [4.78, 5) is 42.5. The van der Waals surface area contributed by atoms with Crippen molar-refractivity contribution in [3.8, 4) is 0 Å². The van der Waals surface area contributed by atoms with E-state index in [1.54, 1.807) is 48.3 Å². The third-order valence-corrected chi connectivity index (χ3v) is 7.87. The first kappa shape index (κ1) is 24.7. The van der Waals surface area contributed by atoms with Crippen LogP contribution >= 0.6 is 22.9 Å². The largest absolute Gasteiger partial charge is 0.347 e. The van der Waals surface area contributed by atoms with E-state index >= 15 is 0 Å². The number of amides is 3. The summed E-state index contributed by atoms with van der Waals surface area (Å²) in [5.74, 6) is -0.288. The molecule has 7 nitrogen and oxygen atoms in total. The van der Waals surface area contributed by atoms with Crippen molar-refractivity contribution in [2.75, 3.05) is 31.6 Å². The summed E-state index contributed by atoms with van der Waals surface area (Å²) < 4.78 is 0.575. The number of carbonyl (C=O) groups is 3. The van der Waals surface area contributed by atoms with Crippen molar-refractivity contribution in [2.24, 2.45) is 0 Å². The highest BCUT2D eigenvalue weighted by Gasteiger charge is 2.29. The molecule has 2 aliphatic rings. The van der Waals surface area contributed by atoms with Gasteiger partial charge in [0, 0.05) is 30.4 Å². The minimum atomic E-state index is -0.178. The van der Waals surface area contributed by atoms with E-state index in [4.69, 9.17) is 11.6 Å². The molecule has 0 radical (unpaired) electrons. The number of likely N-dealkylation sites (N-methyl/N-ethyl adjacent to an activating group) is 1. The van der Waals surface area contributed by atoms with Gasteiger partial charge in [-0.1, -0.05) is 24.4 Å². The van der Waals surface area contributed by atoms with Gasteiger partial charge in [-0.2, -0.15) is 0 Å². The van der Waals surface area contributed by atoms with Gasteiger partial charge in [-0.25, -0.2) is 0 Å². The fraction of sp³-hybridized carbons (Fsp3) is 0.480. The van der Waals surface area contributed by atoms with Crippen LogP contribution in [-0.4, -0.2) is 61.4 Å². The van der Waals surface area contributed by atoms with Gasteiger partial charge in [0.05, 0.1) is 15.8 Å². The summed E-state index contributed by atoms with van der Waals surface area (Å²) in [6.45, 7) is 2.37. The number of benzene rings is 1. The standard InChI is InChI=1S/C25H31ClN4O3S/c1-29(23(31)16-30-14-4-5-15-30)18-10-8-17(9-11-18)24(32)27-19-6-2-3-7-20(19)28-25(33)21-12-13-22(26)34-21/h8-13,19-20H,2-7,14-16H2,1H3,(H,27,32)(H,28,33). The normalized spacial score (nSPS) is 20.6. The van der Waals surface area contributed by atoms with Gasteiger partial charge in [-0.3, -0.25) is 19.3 Å². The molecule has 2 N–H and O–H groups in total. The predicted molar refractivity (Wildman–Crippen MR) is 136 cm³/mol. The maximum Gasteiger partial charge on any atom is 0.261 e. The summed E-state index contributed by atoms with van der Waals surface area (Å²) in [5.41, 5.74) is 1.29. The number of hydrogen-bond acceptors (Lipinski definition) is 5. The van der Waals surface area contributed by atoms with Gasteiger partial charge in [0.1, 0.15) is 0 Å². The Morgan fingerprint density at radius 3 is 2.15 bits per heavy atom. The van der Waals surface area contributed by atoms with E-state index in [2.05, 4.69) is 15.5 Å². The molecule has 1 aromatic carbocycles. The molecule has 34 heavy (non-hydrogen) atoms. The molecule has 2 atom stereocenters. The Balaban J connectivity index is 1.34. The van der Waals surface area contributed by atoms with E-state index in [9.17, 15) is 14.4 Å². The van der Waals surface area contributed by atoms with Crippen molar-refractivity contribution in [3.05, 3.63) is 51.2 Å². The molecule has 3 amide bonds. The summed E-state index contributed by atoms with van der Waals surface area (Å²) in [6, 6.07) is 10.3. The lowest BCUT2D eigenvalue weighted by atomic mass is 9.90. The zero-order chi connectivity index (χ0) is 24.1. The molecule has 1 saturated heterocycles. The van der Waals surface area contributed by atoms with Crippen LogP contribution in [0.25, 0.3) is 0 Å². The van der Waals surface area contributed by atoms with Crippen LogP contribution in [0.3, 0.4) is 0 Å². The van der Waals surface area contributed by atoms with E-state index < -0.39 is 0 Å². The highest BCUT2D eigenvalue weighted by atomic mass is 35.5. The Labute approximate surface area is 209 Å². The van der Waals surface area contributed by atoms with Gasteiger partial charge in [-0.05, 0) is 75.2 Å². The third kappa shape index (κ3) is 6.17. The van der Waals surface area contributed by atoms with Crippen molar-refractivity contribution in [1.82, 2.24) is 15.5 Å². The summed E-state index contributed by atoms with van der Waals surface area (Å²) in [5, 5.41) is 6.17. The van der Waals surface area contributed by atoms with Crippen molar-refractivity contribution in [2.45, 2.75) is 50.6 Å². The Morgan fingerprint density at radius 1 is 0.941 bits per heavy atom. The molecule has 4 rings (SSSR count). The molecule has 1 saturated carbocycles. The number of carbonyl (C=O) groups excluding carboxylic acids is 3. The van der Waals surface area contributed by atoms with E-state index in [0.717, 1.165) is 57.3 Å². The zero-order valence-electron chi connectivity index (χ0n) is 19.4. The topological polar surface area (TPSA) is 81.8 Å².